The van der Waals surface area contributed by atoms with Gasteiger partial charge in [-0.05, 0) is 37.9 Å². The first kappa shape index (κ1) is 14.6. The van der Waals surface area contributed by atoms with Crippen LogP contribution >= 0.6 is 0 Å². The fourth-order valence-electron chi connectivity index (χ4n) is 1.73. The number of pyridine rings is 1. The smallest absolute Gasteiger partial charge is 0.272 e. The Hall–Kier alpha value is -1.42. The Bertz CT molecular complexity index is 415. The zero-order valence-electron chi connectivity index (χ0n) is 11.7. The van der Waals surface area contributed by atoms with E-state index < -0.39 is 0 Å². The molecule has 100 valence electrons. The van der Waals surface area contributed by atoms with Gasteiger partial charge in [-0.2, -0.15) is 0 Å². The van der Waals surface area contributed by atoms with Crippen LogP contribution in [0.4, 0.5) is 0 Å². The first-order valence-corrected chi connectivity index (χ1v) is 6.32. The topological polar surface area (TPSA) is 59.2 Å². The van der Waals surface area contributed by atoms with E-state index in [1.165, 1.54) is 0 Å². The number of aryl methyl sites for hydroxylation is 1. The van der Waals surface area contributed by atoms with E-state index in [2.05, 4.69) is 18.8 Å². The fourth-order valence-corrected chi connectivity index (χ4v) is 1.73. The summed E-state index contributed by atoms with van der Waals surface area (Å²) in [6, 6.07) is 5.50. The van der Waals surface area contributed by atoms with Crippen LogP contribution in [-0.4, -0.2) is 35.4 Å². The predicted octanol–water partition coefficient (Wildman–Crippen LogP) is 1.84. The lowest BCUT2D eigenvalue weighted by molar-refractivity contribution is 0.0694. The van der Waals surface area contributed by atoms with Gasteiger partial charge in [0.05, 0.1) is 0 Å². The molecule has 0 saturated carbocycles. The summed E-state index contributed by atoms with van der Waals surface area (Å²) in [6.07, 6.45) is 0. The monoisotopic (exact) mass is 249 g/mol. The second-order valence-electron chi connectivity index (χ2n) is 5.35. The molecule has 0 aliphatic heterocycles. The molecule has 0 saturated heterocycles. The van der Waals surface area contributed by atoms with Gasteiger partial charge in [0, 0.05) is 18.8 Å². The van der Waals surface area contributed by atoms with Crippen LogP contribution in [0.1, 0.15) is 37.0 Å². The SMILES string of the molecule is CCN(CC(C)(C)CN)C(=O)c1cccc(C)n1. The Labute approximate surface area is 109 Å². The molecule has 4 nitrogen and oxygen atoms in total. The molecule has 0 aromatic carbocycles. The van der Waals surface area contributed by atoms with Crippen LogP contribution in [0, 0.1) is 12.3 Å². The molecule has 0 bridgehead atoms. The second-order valence-corrected chi connectivity index (χ2v) is 5.35. The van der Waals surface area contributed by atoms with E-state index in [-0.39, 0.29) is 11.3 Å². The highest BCUT2D eigenvalue weighted by atomic mass is 16.2. The molecule has 1 aromatic rings. The highest BCUT2D eigenvalue weighted by molar-refractivity contribution is 5.92. The van der Waals surface area contributed by atoms with Crippen molar-refractivity contribution in [1.82, 2.24) is 9.88 Å². The van der Waals surface area contributed by atoms with E-state index in [1.807, 2.05) is 26.0 Å². The van der Waals surface area contributed by atoms with Crippen molar-refractivity contribution in [3.8, 4) is 0 Å². The summed E-state index contributed by atoms with van der Waals surface area (Å²) in [5.74, 6) is -0.0253. The number of carbonyl (C=O) groups excluding carboxylic acids is 1. The highest BCUT2D eigenvalue weighted by Crippen LogP contribution is 2.16. The summed E-state index contributed by atoms with van der Waals surface area (Å²) < 4.78 is 0. The van der Waals surface area contributed by atoms with E-state index in [1.54, 1.807) is 11.0 Å². The van der Waals surface area contributed by atoms with Gasteiger partial charge in [-0.3, -0.25) is 4.79 Å². The van der Waals surface area contributed by atoms with Crippen molar-refractivity contribution in [2.24, 2.45) is 11.1 Å². The number of rotatable bonds is 5. The molecule has 0 atom stereocenters. The zero-order chi connectivity index (χ0) is 13.8. The Kier molecular flexibility index (Phi) is 4.84. The number of nitrogens with zero attached hydrogens (tertiary/aromatic N) is 2. The number of nitrogens with two attached hydrogens (primary N) is 1. The van der Waals surface area contributed by atoms with Crippen LogP contribution in [0.15, 0.2) is 18.2 Å². The van der Waals surface area contributed by atoms with E-state index in [4.69, 9.17) is 5.73 Å². The van der Waals surface area contributed by atoms with Crippen molar-refractivity contribution in [1.29, 1.82) is 0 Å². The molecule has 18 heavy (non-hydrogen) atoms. The van der Waals surface area contributed by atoms with Crippen LogP contribution in [0.3, 0.4) is 0 Å². The average molecular weight is 249 g/mol. The number of carbonyl (C=O) groups is 1. The van der Waals surface area contributed by atoms with Gasteiger partial charge in [0.1, 0.15) is 5.69 Å². The Morgan fingerprint density at radius 1 is 1.44 bits per heavy atom. The van der Waals surface area contributed by atoms with E-state index in [0.717, 1.165) is 5.69 Å². The third-order valence-corrected chi connectivity index (χ3v) is 2.95. The lowest BCUT2D eigenvalue weighted by Crippen LogP contribution is -2.42. The van der Waals surface area contributed by atoms with Crippen LogP contribution in [0.25, 0.3) is 0 Å². The summed E-state index contributed by atoms with van der Waals surface area (Å²) in [6.45, 7) is 9.85. The molecular formula is C14H23N3O. The van der Waals surface area contributed by atoms with Crippen LogP contribution < -0.4 is 5.73 Å². The molecule has 1 rings (SSSR count). The zero-order valence-corrected chi connectivity index (χ0v) is 11.7. The van der Waals surface area contributed by atoms with E-state index in [0.29, 0.717) is 25.3 Å². The molecule has 0 aliphatic carbocycles. The van der Waals surface area contributed by atoms with Gasteiger partial charge < -0.3 is 10.6 Å². The minimum atomic E-state index is -0.0739. The molecule has 1 amide bonds. The summed E-state index contributed by atoms with van der Waals surface area (Å²) in [5, 5.41) is 0. The maximum Gasteiger partial charge on any atom is 0.272 e. The van der Waals surface area contributed by atoms with Gasteiger partial charge in [0.25, 0.3) is 5.91 Å². The van der Waals surface area contributed by atoms with Crippen molar-refractivity contribution in [3.05, 3.63) is 29.6 Å². The first-order chi connectivity index (χ1) is 8.39. The standard InChI is InChI=1S/C14H23N3O/c1-5-17(10-14(3,4)9-15)13(18)12-8-6-7-11(2)16-12/h6-8H,5,9-10,15H2,1-4H3. The molecule has 4 heteroatoms. The van der Waals surface area contributed by atoms with Gasteiger partial charge in [0.2, 0.25) is 0 Å². The lowest BCUT2D eigenvalue weighted by atomic mass is 9.93. The van der Waals surface area contributed by atoms with Crippen molar-refractivity contribution in [3.63, 3.8) is 0 Å². The van der Waals surface area contributed by atoms with Crippen molar-refractivity contribution >= 4 is 5.91 Å². The summed E-state index contributed by atoms with van der Waals surface area (Å²) in [5.41, 5.74) is 7.01. The minimum absolute atomic E-state index is 0.0253. The molecule has 1 heterocycles. The molecular weight excluding hydrogens is 226 g/mol. The first-order valence-electron chi connectivity index (χ1n) is 6.32. The lowest BCUT2D eigenvalue weighted by Gasteiger charge is -2.30. The molecule has 0 radical (unpaired) electrons. The molecule has 0 spiro atoms. The fraction of sp³-hybridized carbons (Fsp3) is 0.571. The quantitative estimate of drug-likeness (QED) is 0.866. The third-order valence-electron chi connectivity index (χ3n) is 2.95. The summed E-state index contributed by atoms with van der Waals surface area (Å²) in [7, 11) is 0. The van der Waals surface area contributed by atoms with Crippen molar-refractivity contribution in [2.45, 2.75) is 27.7 Å². The predicted molar refractivity (Wildman–Crippen MR) is 73.4 cm³/mol. The normalized spacial score (nSPS) is 11.4. The van der Waals surface area contributed by atoms with Gasteiger partial charge in [-0.25, -0.2) is 4.98 Å². The molecule has 0 fully saturated rings. The Morgan fingerprint density at radius 3 is 2.61 bits per heavy atom. The van der Waals surface area contributed by atoms with Crippen LogP contribution in [0.5, 0.6) is 0 Å². The summed E-state index contributed by atoms with van der Waals surface area (Å²) in [4.78, 5) is 18.4. The number of hydrogen-bond donors (Lipinski definition) is 1. The minimum Gasteiger partial charge on any atom is -0.337 e. The molecule has 1 aromatic heterocycles. The van der Waals surface area contributed by atoms with Gasteiger partial charge in [0.15, 0.2) is 0 Å². The maximum absolute atomic E-state index is 12.3. The second kappa shape index (κ2) is 5.96. The number of amides is 1. The molecule has 2 N–H and O–H groups in total. The highest BCUT2D eigenvalue weighted by Gasteiger charge is 2.24. The van der Waals surface area contributed by atoms with Crippen LogP contribution in [-0.2, 0) is 0 Å². The Morgan fingerprint density at radius 2 is 2.11 bits per heavy atom. The number of aromatic nitrogens is 1. The average Bonchev–Trinajstić information content (AvgIpc) is 2.35. The maximum atomic E-state index is 12.3. The largest absolute Gasteiger partial charge is 0.337 e. The van der Waals surface area contributed by atoms with Gasteiger partial charge >= 0.3 is 0 Å². The third kappa shape index (κ3) is 3.81. The van der Waals surface area contributed by atoms with Gasteiger partial charge in [-0.15, -0.1) is 0 Å². The molecule has 0 aliphatic rings. The number of hydrogen-bond acceptors (Lipinski definition) is 3. The van der Waals surface area contributed by atoms with Crippen LogP contribution in [0.2, 0.25) is 0 Å². The van der Waals surface area contributed by atoms with Gasteiger partial charge in [-0.1, -0.05) is 19.9 Å². The summed E-state index contributed by atoms with van der Waals surface area (Å²) >= 11 is 0. The molecule has 0 unspecified atom stereocenters. The van der Waals surface area contributed by atoms with Crippen molar-refractivity contribution in [2.75, 3.05) is 19.6 Å². The van der Waals surface area contributed by atoms with Crippen molar-refractivity contribution < 1.29 is 4.79 Å². The van der Waals surface area contributed by atoms with E-state index in [9.17, 15) is 4.79 Å². The van der Waals surface area contributed by atoms with E-state index >= 15 is 0 Å². The Balaban J connectivity index is 2.86.